The van der Waals surface area contributed by atoms with E-state index in [2.05, 4.69) is 17.6 Å². The van der Waals surface area contributed by atoms with Crippen LogP contribution in [-0.2, 0) is 11.3 Å². The average molecular weight is 248 g/mol. The topological polar surface area (TPSA) is 41.1 Å². The number of carbonyl (C=O) groups is 1. The molecule has 0 spiro atoms. The van der Waals surface area contributed by atoms with Crippen LogP contribution in [0.1, 0.15) is 44.6 Å². The van der Waals surface area contributed by atoms with Crippen LogP contribution < -0.4 is 10.6 Å². The molecule has 0 aliphatic carbocycles. The number of hydrogen-bond donors (Lipinski definition) is 2. The van der Waals surface area contributed by atoms with Crippen molar-refractivity contribution in [1.82, 2.24) is 5.32 Å². The minimum Gasteiger partial charge on any atom is -0.326 e. The summed E-state index contributed by atoms with van der Waals surface area (Å²) in [5, 5.41) is 6.05. The van der Waals surface area contributed by atoms with Crippen LogP contribution in [0.5, 0.6) is 0 Å². The Hall–Kier alpha value is -1.35. The first-order valence-electron chi connectivity index (χ1n) is 6.79. The average Bonchev–Trinajstić information content (AvgIpc) is 2.35. The predicted molar refractivity (Wildman–Crippen MR) is 76.6 cm³/mol. The minimum absolute atomic E-state index is 0.118. The molecule has 1 aromatic carbocycles. The molecule has 1 amide bonds. The summed E-state index contributed by atoms with van der Waals surface area (Å²) < 4.78 is 0. The lowest BCUT2D eigenvalue weighted by molar-refractivity contribution is -0.116. The van der Waals surface area contributed by atoms with Crippen molar-refractivity contribution in [2.24, 2.45) is 0 Å². The molecule has 0 aliphatic heterocycles. The van der Waals surface area contributed by atoms with Crippen LogP contribution in [0.3, 0.4) is 0 Å². The van der Waals surface area contributed by atoms with Crippen molar-refractivity contribution in [3.05, 3.63) is 29.8 Å². The van der Waals surface area contributed by atoms with Gasteiger partial charge in [-0.05, 0) is 31.2 Å². The highest BCUT2D eigenvalue weighted by atomic mass is 16.1. The van der Waals surface area contributed by atoms with Gasteiger partial charge in [0.1, 0.15) is 0 Å². The number of hydrogen-bond acceptors (Lipinski definition) is 2. The molecule has 0 atom stereocenters. The van der Waals surface area contributed by atoms with Crippen molar-refractivity contribution in [2.75, 3.05) is 12.4 Å². The lowest BCUT2D eigenvalue weighted by atomic mass is 10.1. The van der Waals surface area contributed by atoms with E-state index in [0.29, 0.717) is 6.42 Å². The standard InChI is InChI=1S/C15H24N2O/c1-3-4-5-6-10-15(18)17-14-9-7-8-13(11-14)12-16-2/h7-9,11,16H,3-6,10,12H2,1-2H3,(H,17,18). The Balaban J connectivity index is 2.36. The zero-order chi connectivity index (χ0) is 13.2. The Morgan fingerprint density at radius 3 is 2.78 bits per heavy atom. The van der Waals surface area contributed by atoms with Crippen molar-refractivity contribution in [2.45, 2.75) is 45.6 Å². The molecule has 0 radical (unpaired) electrons. The molecule has 1 rings (SSSR count). The molecule has 18 heavy (non-hydrogen) atoms. The van der Waals surface area contributed by atoms with Gasteiger partial charge in [-0.25, -0.2) is 0 Å². The van der Waals surface area contributed by atoms with Crippen LogP contribution >= 0.6 is 0 Å². The molecule has 2 N–H and O–H groups in total. The first kappa shape index (κ1) is 14.7. The van der Waals surface area contributed by atoms with Gasteiger partial charge in [-0.15, -0.1) is 0 Å². The molecule has 0 heterocycles. The minimum atomic E-state index is 0.118. The van der Waals surface area contributed by atoms with E-state index in [0.717, 1.165) is 25.1 Å². The summed E-state index contributed by atoms with van der Waals surface area (Å²) in [4.78, 5) is 11.7. The first-order valence-corrected chi connectivity index (χ1v) is 6.79. The third-order valence-electron chi connectivity index (χ3n) is 2.85. The van der Waals surface area contributed by atoms with Gasteiger partial charge in [0.25, 0.3) is 0 Å². The van der Waals surface area contributed by atoms with Gasteiger partial charge in [-0.2, -0.15) is 0 Å². The van der Waals surface area contributed by atoms with Gasteiger partial charge in [0.2, 0.25) is 5.91 Å². The Morgan fingerprint density at radius 1 is 1.22 bits per heavy atom. The van der Waals surface area contributed by atoms with Crippen LogP contribution in [0.2, 0.25) is 0 Å². The lowest BCUT2D eigenvalue weighted by Crippen LogP contribution is -2.12. The highest BCUT2D eigenvalue weighted by molar-refractivity contribution is 5.90. The molecular weight excluding hydrogens is 224 g/mol. The maximum absolute atomic E-state index is 11.7. The maximum Gasteiger partial charge on any atom is 0.224 e. The number of amides is 1. The van der Waals surface area contributed by atoms with Crippen LogP contribution in [0.15, 0.2) is 24.3 Å². The molecule has 0 fully saturated rings. The van der Waals surface area contributed by atoms with E-state index in [-0.39, 0.29) is 5.91 Å². The van der Waals surface area contributed by atoms with E-state index in [1.807, 2.05) is 31.3 Å². The van der Waals surface area contributed by atoms with Crippen LogP contribution in [-0.4, -0.2) is 13.0 Å². The van der Waals surface area contributed by atoms with Gasteiger partial charge in [0, 0.05) is 18.7 Å². The Bertz CT molecular complexity index is 363. The summed E-state index contributed by atoms with van der Waals surface area (Å²) in [5.74, 6) is 0.118. The summed E-state index contributed by atoms with van der Waals surface area (Å²) in [6.07, 6.45) is 5.16. The van der Waals surface area contributed by atoms with E-state index in [1.165, 1.54) is 18.4 Å². The normalized spacial score (nSPS) is 10.3. The predicted octanol–water partition coefficient (Wildman–Crippen LogP) is 3.31. The molecule has 3 nitrogen and oxygen atoms in total. The van der Waals surface area contributed by atoms with Gasteiger partial charge >= 0.3 is 0 Å². The fourth-order valence-corrected chi connectivity index (χ4v) is 1.90. The van der Waals surface area contributed by atoms with Gasteiger partial charge in [0.05, 0.1) is 0 Å². The Morgan fingerprint density at radius 2 is 2.06 bits per heavy atom. The van der Waals surface area contributed by atoms with Crippen molar-refractivity contribution in [1.29, 1.82) is 0 Å². The molecule has 0 saturated carbocycles. The summed E-state index contributed by atoms with van der Waals surface area (Å²) in [6, 6.07) is 7.97. The molecule has 0 saturated heterocycles. The third kappa shape index (κ3) is 5.82. The summed E-state index contributed by atoms with van der Waals surface area (Å²) in [6.45, 7) is 2.99. The van der Waals surface area contributed by atoms with Crippen molar-refractivity contribution >= 4 is 11.6 Å². The maximum atomic E-state index is 11.7. The summed E-state index contributed by atoms with van der Waals surface area (Å²) in [7, 11) is 1.92. The Labute approximate surface area is 110 Å². The van der Waals surface area contributed by atoms with Gasteiger partial charge in [-0.3, -0.25) is 4.79 Å². The first-order chi connectivity index (χ1) is 8.76. The number of rotatable bonds is 8. The zero-order valence-electron chi connectivity index (χ0n) is 11.5. The van der Waals surface area contributed by atoms with Crippen LogP contribution in [0.25, 0.3) is 0 Å². The molecule has 0 aliphatic rings. The number of nitrogens with one attached hydrogen (secondary N) is 2. The second-order valence-corrected chi connectivity index (χ2v) is 4.59. The molecular formula is C15H24N2O. The fourth-order valence-electron chi connectivity index (χ4n) is 1.90. The largest absolute Gasteiger partial charge is 0.326 e. The smallest absolute Gasteiger partial charge is 0.224 e. The quantitative estimate of drug-likeness (QED) is 0.693. The van der Waals surface area contributed by atoms with Gasteiger partial charge < -0.3 is 10.6 Å². The van der Waals surface area contributed by atoms with Gasteiger partial charge in [-0.1, -0.05) is 38.3 Å². The van der Waals surface area contributed by atoms with E-state index in [4.69, 9.17) is 0 Å². The lowest BCUT2D eigenvalue weighted by Gasteiger charge is -2.07. The molecule has 3 heteroatoms. The number of anilines is 1. The number of unbranched alkanes of at least 4 members (excludes halogenated alkanes) is 3. The fraction of sp³-hybridized carbons (Fsp3) is 0.533. The van der Waals surface area contributed by atoms with Crippen molar-refractivity contribution in [3.63, 3.8) is 0 Å². The van der Waals surface area contributed by atoms with E-state index >= 15 is 0 Å². The molecule has 0 aromatic heterocycles. The van der Waals surface area contributed by atoms with E-state index in [9.17, 15) is 4.79 Å². The molecule has 1 aromatic rings. The SMILES string of the molecule is CCCCCCC(=O)Nc1cccc(CNC)c1. The van der Waals surface area contributed by atoms with E-state index in [1.54, 1.807) is 0 Å². The highest BCUT2D eigenvalue weighted by Crippen LogP contribution is 2.11. The van der Waals surface area contributed by atoms with Crippen molar-refractivity contribution in [3.8, 4) is 0 Å². The highest BCUT2D eigenvalue weighted by Gasteiger charge is 2.02. The van der Waals surface area contributed by atoms with Gasteiger partial charge in [0.15, 0.2) is 0 Å². The van der Waals surface area contributed by atoms with Crippen LogP contribution in [0.4, 0.5) is 5.69 Å². The monoisotopic (exact) mass is 248 g/mol. The molecule has 100 valence electrons. The third-order valence-corrected chi connectivity index (χ3v) is 2.85. The zero-order valence-corrected chi connectivity index (χ0v) is 11.5. The van der Waals surface area contributed by atoms with E-state index < -0.39 is 0 Å². The summed E-state index contributed by atoms with van der Waals surface area (Å²) in [5.41, 5.74) is 2.07. The molecule has 0 bridgehead atoms. The summed E-state index contributed by atoms with van der Waals surface area (Å²) >= 11 is 0. The van der Waals surface area contributed by atoms with Crippen LogP contribution in [0, 0.1) is 0 Å². The molecule has 0 unspecified atom stereocenters. The second kappa shape index (κ2) is 8.70. The van der Waals surface area contributed by atoms with Crippen molar-refractivity contribution < 1.29 is 4.79 Å². The number of carbonyl (C=O) groups excluding carboxylic acids is 1. The second-order valence-electron chi connectivity index (χ2n) is 4.59. The number of benzene rings is 1. The Kier molecular flexibility index (Phi) is 7.11.